The van der Waals surface area contributed by atoms with Crippen LogP contribution in [-0.2, 0) is 16.1 Å². The highest BCUT2D eigenvalue weighted by atomic mass is 35.5. The van der Waals surface area contributed by atoms with Crippen molar-refractivity contribution in [2.45, 2.75) is 25.5 Å². The molecule has 0 aliphatic carbocycles. The average Bonchev–Trinajstić information content (AvgIpc) is 2.73. The summed E-state index contributed by atoms with van der Waals surface area (Å²) in [6.07, 6.45) is -0.0213. The first-order valence-electron chi connectivity index (χ1n) is 9.76. The third kappa shape index (κ3) is 6.60. The van der Waals surface area contributed by atoms with Gasteiger partial charge in [0.05, 0.1) is 11.4 Å². The fourth-order valence-corrected chi connectivity index (χ4v) is 3.26. The van der Waals surface area contributed by atoms with Crippen LogP contribution >= 0.6 is 11.6 Å². The van der Waals surface area contributed by atoms with E-state index < -0.39 is 29.7 Å². The number of hydrogen-bond donors (Lipinski definition) is 3. The smallest absolute Gasteiger partial charge is 0.413 e. The Labute approximate surface area is 187 Å². The molecule has 2 amide bonds. The monoisotopic (exact) mass is 462 g/mol. The normalized spacial score (nSPS) is 11.8. The number of nitrogens with zero attached hydrogens (tertiary/aromatic N) is 1. The fraction of sp³-hybridized carbons (Fsp3) is 0.227. The van der Waals surface area contributed by atoms with E-state index in [9.17, 15) is 18.4 Å². The van der Waals surface area contributed by atoms with E-state index in [1.807, 2.05) is 0 Å². The Morgan fingerprint density at radius 1 is 1.16 bits per heavy atom. The van der Waals surface area contributed by atoms with E-state index >= 15 is 0 Å². The Balaban J connectivity index is 1.54. The topological polar surface area (TPSA) is 106 Å². The van der Waals surface area contributed by atoms with Crippen molar-refractivity contribution in [3.63, 3.8) is 0 Å². The number of carbonyl (C=O) groups excluding carboxylic acids is 2. The van der Waals surface area contributed by atoms with Crippen molar-refractivity contribution in [2.24, 2.45) is 5.73 Å². The van der Waals surface area contributed by atoms with E-state index in [0.29, 0.717) is 29.4 Å². The van der Waals surface area contributed by atoms with Crippen LogP contribution < -0.4 is 16.4 Å². The number of pyridine rings is 1. The van der Waals surface area contributed by atoms with Gasteiger partial charge >= 0.3 is 6.09 Å². The SMILES string of the molecule is NC(=O)CC(CCNCc1cccc(F)c1Cl)OC(=O)Nc1cc2cc(F)ccc2cn1. The molecule has 3 rings (SSSR count). The molecule has 168 valence electrons. The van der Waals surface area contributed by atoms with Gasteiger partial charge in [-0.05, 0) is 54.2 Å². The lowest BCUT2D eigenvalue weighted by Gasteiger charge is -2.17. The minimum Gasteiger partial charge on any atom is -0.445 e. The maximum Gasteiger partial charge on any atom is 0.413 e. The Bertz CT molecular complexity index is 1130. The van der Waals surface area contributed by atoms with Crippen LogP contribution in [-0.4, -0.2) is 29.6 Å². The first kappa shape index (κ1) is 23.4. The van der Waals surface area contributed by atoms with Gasteiger partial charge in [-0.3, -0.25) is 10.1 Å². The second kappa shape index (κ2) is 10.8. The third-order valence-electron chi connectivity index (χ3n) is 4.61. The number of primary amides is 1. The molecule has 0 saturated heterocycles. The second-order valence-electron chi connectivity index (χ2n) is 7.06. The van der Waals surface area contributed by atoms with Crippen LogP contribution in [0.4, 0.5) is 19.4 Å². The van der Waals surface area contributed by atoms with Crippen molar-refractivity contribution in [3.8, 4) is 0 Å². The number of anilines is 1. The van der Waals surface area contributed by atoms with Gasteiger partial charge in [-0.1, -0.05) is 23.7 Å². The highest BCUT2D eigenvalue weighted by Gasteiger charge is 2.18. The molecule has 0 saturated carbocycles. The van der Waals surface area contributed by atoms with Crippen molar-refractivity contribution in [1.29, 1.82) is 0 Å². The predicted octanol–water partition coefficient (Wildman–Crippen LogP) is 4.14. The summed E-state index contributed by atoms with van der Waals surface area (Å²) >= 11 is 5.91. The third-order valence-corrected chi connectivity index (χ3v) is 5.03. The molecule has 3 aromatic rings. The predicted molar refractivity (Wildman–Crippen MR) is 117 cm³/mol. The number of nitrogens with two attached hydrogens (primary N) is 1. The summed E-state index contributed by atoms with van der Waals surface area (Å²) in [7, 11) is 0. The number of aromatic nitrogens is 1. The molecule has 0 aliphatic heterocycles. The first-order chi connectivity index (χ1) is 15.3. The van der Waals surface area contributed by atoms with E-state index in [1.54, 1.807) is 18.2 Å². The van der Waals surface area contributed by atoms with Crippen LogP contribution in [0.3, 0.4) is 0 Å². The van der Waals surface area contributed by atoms with Crippen LogP contribution in [0.2, 0.25) is 5.02 Å². The zero-order chi connectivity index (χ0) is 23.1. The molecule has 0 bridgehead atoms. The van der Waals surface area contributed by atoms with Gasteiger partial charge in [-0.25, -0.2) is 18.6 Å². The standard InChI is InChI=1S/C22H21ClF2N4O3/c23-21-14(2-1-3-18(21)25)11-27-7-6-17(10-19(26)30)32-22(31)29-20-9-15-8-16(24)5-4-13(15)12-28-20/h1-5,8-9,12,17,27H,6-7,10-11H2,(H2,26,30)(H,28,29,31). The van der Waals surface area contributed by atoms with Gasteiger partial charge in [0.2, 0.25) is 5.91 Å². The van der Waals surface area contributed by atoms with Crippen LogP contribution in [0.5, 0.6) is 0 Å². The summed E-state index contributed by atoms with van der Waals surface area (Å²) in [5.74, 6) is -1.38. The van der Waals surface area contributed by atoms with Gasteiger partial charge in [0.1, 0.15) is 23.6 Å². The van der Waals surface area contributed by atoms with Crippen LogP contribution in [0.1, 0.15) is 18.4 Å². The van der Waals surface area contributed by atoms with Gasteiger partial charge < -0.3 is 15.8 Å². The van der Waals surface area contributed by atoms with Crippen molar-refractivity contribution >= 4 is 40.2 Å². The molecular weight excluding hydrogens is 442 g/mol. The largest absolute Gasteiger partial charge is 0.445 e. The number of fused-ring (bicyclic) bond motifs is 1. The van der Waals surface area contributed by atoms with Crippen molar-refractivity contribution in [2.75, 3.05) is 11.9 Å². The first-order valence-corrected chi connectivity index (χ1v) is 10.1. The number of halogens is 3. The average molecular weight is 463 g/mol. The van der Waals surface area contributed by atoms with Crippen LogP contribution in [0.15, 0.2) is 48.7 Å². The second-order valence-corrected chi connectivity index (χ2v) is 7.44. The number of ether oxygens (including phenoxy) is 1. The molecule has 10 heteroatoms. The molecule has 0 aliphatic rings. The van der Waals surface area contributed by atoms with Crippen LogP contribution in [0.25, 0.3) is 10.8 Å². The summed E-state index contributed by atoms with van der Waals surface area (Å²) < 4.78 is 32.2. The molecule has 2 aromatic carbocycles. The molecule has 4 N–H and O–H groups in total. The molecule has 0 spiro atoms. The van der Waals surface area contributed by atoms with Gasteiger partial charge in [-0.2, -0.15) is 0 Å². The number of benzene rings is 2. The summed E-state index contributed by atoms with van der Waals surface area (Å²) in [6, 6.07) is 10.2. The fourth-order valence-electron chi connectivity index (χ4n) is 3.06. The molecule has 0 fully saturated rings. The summed E-state index contributed by atoms with van der Waals surface area (Å²) in [5, 5.41) is 6.82. The lowest BCUT2D eigenvalue weighted by atomic mass is 10.1. The highest BCUT2D eigenvalue weighted by molar-refractivity contribution is 6.31. The molecule has 7 nitrogen and oxygen atoms in total. The van der Waals surface area contributed by atoms with Gasteiger partial charge in [0, 0.05) is 18.1 Å². The molecule has 0 radical (unpaired) electrons. The molecule has 1 atom stereocenters. The molecule has 1 unspecified atom stereocenters. The van der Waals surface area contributed by atoms with E-state index in [0.717, 1.165) is 0 Å². The van der Waals surface area contributed by atoms with Crippen molar-refractivity contribution in [1.82, 2.24) is 10.3 Å². The Hall–Kier alpha value is -3.30. The zero-order valence-electron chi connectivity index (χ0n) is 16.9. The minimum absolute atomic E-state index is 0.0343. The van der Waals surface area contributed by atoms with Gasteiger partial charge in [0.15, 0.2) is 0 Å². The lowest BCUT2D eigenvalue weighted by molar-refractivity contribution is -0.119. The van der Waals surface area contributed by atoms with Crippen molar-refractivity contribution in [3.05, 3.63) is 70.9 Å². The highest BCUT2D eigenvalue weighted by Crippen LogP contribution is 2.20. The van der Waals surface area contributed by atoms with Crippen molar-refractivity contribution < 1.29 is 23.1 Å². The number of rotatable bonds is 9. The molecule has 32 heavy (non-hydrogen) atoms. The molecule has 1 aromatic heterocycles. The zero-order valence-corrected chi connectivity index (χ0v) is 17.7. The number of hydrogen-bond acceptors (Lipinski definition) is 5. The summed E-state index contributed by atoms with van der Waals surface area (Å²) in [6.45, 7) is 0.648. The van der Waals surface area contributed by atoms with Gasteiger partial charge in [0.25, 0.3) is 0 Å². The lowest BCUT2D eigenvalue weighted by Crippen LogP contribution is -2.30. The van der Waals surface area contributed by atoms with Gasteiger partial charge in [-0.15, -0.1) is 0 Å². The maximum atomic E-state index is 13.5. The number of carbonyl (C=O) groups is 2. The number of amides is 2. The van der Waals surface area contributed by atoms with Crippen LogP contribution in [0, 0.1) is 11.6 Å². The van der Waals surface area contributed by atoms with E-state index in [1.165, 1.54) is 30.5 Å². The Kier molecular flexibility index (Phi) is 7.91. The number of nitrogens with one attached hydrogen (secondary N) is 2. The summed E-state index contributed by atoms with van der Waals surface area (Å²) in [4.78, 5) is 27.7. The van der Waals surface area contributed by atoms with E-state index in [4.69, 9.17) is 22.1 Å². The van der Waals surface area contributed by atoms with E-state index in [-0.39, 0.29) is 23.7 Å². The maximum absolute atomic E-state index is 13.5. The quantitative estimate of drug-likeness (QED) is 0.414. The Morgan fingerprint density at radius 2 is 1.97 bits per heavy atom. The minimum atomic E-state index is -0.826. The molecule has 1 heterocycles. The Morgan fingerprint density at radius 3 is 2.75 bits per heavy atom. The van der Waals surface area contributed by atoms with E-state index in [2.05, 4.69) is 15.6 Å². The molecular formula is C22H21ClF2N4O3. The summed E-state index contributed by atoms with van der Waals surface area (Å²) in [5.41, 5.74) is 5.83.